The van der Waals surface area contributed by atoms with Gasteiger partial charge in [0.05, 0.1) is 5.41 Å². The summed E-state index contributed by atoms with van der Waals surface area (Å²) in [6.07, 6.45) is 3.27. The third-order valence-electron chi connectivity index (χ3n) is 4.15. The summed E-state index contributed by atoms with van der Waals surface area (Å²) in [4.78, 5) is 0. The zero-order chi connectivity index (χ0) is 10.5. The first-order valence-corrected chi connectivity index (χ1v) is 5.63. The van der Waals surface area contributed by atoms with E-state index in [0.29, 0.717) is 12.8 Å². The minimum absolute atomic E-state index is 0.388. The minimum Gasteiger partial charge on any atom is -0.205 e. The van der Waals surface area contributed by atoms with E-state index < -0.39 is 11.3 Å². The standard InChI is InChI=1S/C13H14F2/c14-13(15)11-8-4-5-9-12(11,13)10-6-2-1-3-7-10/h1-3,6-7,11H,4-5,8-9H2/t11?,12-/m1/s1. The number of rotatable bonds is 1. The monoisotopic (exact) mass is 208 g/mol. The summed E-state index contributed by atoms with van der Waals surface area (Å²) in [5, 5.41) is 0. The molecule has 0 heterocycles. The SMILES string of the molecule is FC1(F)C2CCCC[C@@]21c1ccccc1. The van der Waals surface area contributed by atoms with Gasteiger partial charge in [-0.2, -0.15) is 0 Å². The van der Waals surface area contributed by atoms with Crippen molar-refractivity contribution in [3.8, 4) is 0 Å². The average Bonchev–Trinajstić information content (AvgIpc) is 2.80. The largest absolute Gasteiger partial charge is 0.261 e. The van der Waals surface area contributed by atoms with Gasteiger partial charge in [-0.1, -0.05) is 43.2 Å². The smallest absolute Gasteiger partial charge is 0.205 e. The molecule has 0 aliphatic heterocycles. The molecule has 2 fully saturated rings. The van der Waals surface area contributed by atoms with Crippen molar-refractivity contribution in [2.24, 2.45) is 5.92 Å². The first-order chi connectivity index (χ1) is 7.19. The molecule has 80 valence electrons. The lowest BCUT2D eigenvalue weighted by atomic mass is 9.82. The molecule has 2 atom stereocenters. The van der Waals surface area contributed by atoms with E-state index in [1.54, 1.807) is 0 Å². The third-order valence-corrected chi connectivity index (χ3v) is 4.15. The number of halogens is 2. The molecular weight excluding hydrogens is 194 g/mol. The zero-order valence-electron chi connectivity index (χ0n) is 8.55. The Morgan fingerprint density at radius 3 is 2.47 bits per heavy atom. The molecule has 2 aliphatic carbocycles. The molecule has 3 rings (SSSR count). The lowest BCUT2D eigenvalue weighted by molar-refractivity contribution is 0.0765. The van der Waals surface area contributed by atoms with Gasteiger partial charge < -0.3 is 0 Å². The Labute approximate surface area is 88.3 Å². The summed E-state index contributed by atoms with van der Waals surface area (Å²) in [6, 6.07) is 9.34. The first kappa shape index (κ1) is 9.32. The maximum atomic E-state index is 13.8. The third kappa shape index (κ3) is 1.000. The molecule has 1 unspecified atom stereocenters. The van der Waals surface area contributed by atoms with Crippen LogP contribution in [0.5, 0.6) is 0 Å². The van der Waals surface area contributed by atoms with E-state index in [4.69, 9.17) is 0 Å². The van der Waals surface area contributed by atoms with Gasteiger partial charge in [0.1, 0.15) is 0 Å². The highest BCUT2D eigenvalue weighted by Crippen LogP contribution is 2.72. The Balaban J connectivity index is 2.04. The van der Waals surface area contributed by atoms with Crippen LogP contribution in [0.3, 0.4) is 0 Å². The quantitative estimate of drug-likeness (QED) is 0.659. The Morgan fingerprint density at radius 1 is 1.07 bits per heavy atom. The highest BCUT2D eigenvalue weighted by atomic mass is 19.3. The molecule has 15 heavy (non-hydrogen) atoms. The lowest BCUT2D eigenvalue weighted by Crippen LogP contribution is -2.18. The van der Waals surface area contributed by atoms with E-state index >= 15 is 0 Å². The van der Waals surface area contributed by atoms with Crippen molar-refractivity contribution in [3.05, 3.63) is 35.9 Å². The van der Waals surface area contributed by atoms with Crippen molar-refractivity contribution in [1.82, 2.24) is 0 Å². The zero-order valence-corrected chi connectivity index (χ0v) is 8.55. The Bertz CT molecular complexity index is 371. The highest BCUT2D eigenvalue weighted by Gasteiger charge is 2.80. The molecule has 2 saturated carbocycles. The molecule has 1 aromatic rings. The molecule has 0 N–H and O–H groups in total. The maximum absolute atomic E-state index is 13.8. The number of alkyl halides is 2. The van der Waals surface area contributed by atoms with Crippen LogP contribution in [0.1, 0.15) is 31.2 Å². The van der Waals surface area contributed by atoms with E-state index in [2.05, 4.69) is 0 Å². The second kappa shape index (κ2) is 2.81. The van der Waals surface area contributed by atoms with E-state index in [9.17, 15) is 8.78 Å². The molecule has 0 spiro atoms. The number of hydrogen-bond donors (Lipinski definition) is 0. The van der Waals surface area contributed by atoms with E-state index in [1.807, 2.05) is 30.3 Å². The molecule has 2 aliphatic rings. The second-order valence-electron chi connectivity index (χ2n) is 4.76. The predicted molar refractivity (Wildman–Crippen MR) is 55.0 cm³/mol. The highest BCUT2D eigenvalue weighted by molar-refractivity contribution is 5.41. The topological polar surface area (TPSA) is 0 Å². The summed E-state index contributed by atoms with van der Waals surface area (Å²) in [5.41, 5.74) is 0.0478. The molecule has 0 amide bonds. The van der Waals surface area contributed by atoms with Gasteiger partial charge in [-0.05, 0) is 18.4 Å². The van der Waals surface area contributed by atoms with Gasteiger partial charge in [0.25, 0.3) is 5.92 Å². The first-order valence-electron chi connectivity index (χ1n) is 5.63. The molecule has 0 nitrogen and oxygen atoms in total. The molecule has 1 aromatic carbocycles. The van der Waals surface area contributed by atoms with Crippen molar-refractivity contribution in [1.29, 1.82) is 0 Å². The van der Waals surface area contributed by atoms with Crippen LogP contribution in [0.2, 0.25) is 0 Å². The number of hydrogen-bond acceptors (Lipinski definition) is 0. The van der Waals surface area contributed by atoms with Crippen molar-refractivity contribution < 1.29 is 8.78 Å². The fourth-order valence-electron chi connectivity index (χ4n) is 3.33. The van der Waals surface area contributed by atoms with Crippen LogP contribution in [0.25, 0.3) is 0 Å². The summed E-state index contributed by atoms with van der Waals surface area (Å²) < 4.78 is 27.7. The van der Waals surface area contributed by atoms with Crippen LogP contribution < -0.4 is 0 Å². The van der Waals surface area contributed by atoms with Gasteiger partial charge in [-0.15, -0.1) is 0 Å². The molecule has 0 radical (unpaired) electrons. The summed E-state index contributed by atoms with van der Waals surface area (Å²) in [7, 11) is 0. The average molecular weight is 208 g/mol. The molecule has 0 bridgehead atoms. The van der Waals surface area contributed by atoms with Gasteiger partial charge in [0.2, 0.25) is 0 Å². The minimum atomic E-state index is -2.45. The van der Waals surface area contributed by atoms with E-state index in [0.717, 1.165) is 18.4 Å². The second-order valence-corrected chi connectivity index (χ2v) is 4.76. The fraction of sp³-hybridized carbons (Fsp3) is 0.538. The summed E-state index contributed by atoms with van der Waals surface area (Å²) >= 11 is 0. The Morgan fingerprint density at radius 2 is 1.80 bits per heavy atom. The normalized spacial score (nSPS) is 37.1. The van der Waals surface area contributed by atoms with Crippen molar-refractivity contribution in [3.63, 3.8) is 0 Å². The summed E-state index contributed by atoms with van der Waals surface area (Å²) in [5.74, 6) is -2.84. The fourth-order valence-corrected chi connectivity index (χ4v) is 3.33. The maximum Gasteiger partial charge on any atom is 0.261 e. The van der Waals surface area contributed by atoms with E-state index in [1.165, 1.54) is 0 Å². The lowest BCUT2D eigenvalue weighted by Gasteiger charge is -2.20. The van der Waals surface area contributed by atoms with Crippen LogP contribution in [-0.4, -0.2) is 5.92 Å². The van der Waals surface area contributed by atoms with Gasteiger partial charge >= 0.3 is 0 Å². The van der Waals surface area contributed by atoms with Gasteiger partial charge in [0.15, 0.2) is 0 Å². The molecule has 0 saturated heterocycles. The Hall–Kier alpha value is -0.920. The van der Waals surface area contributed by atoms with Crippen LogP contribution in [-0.2, 0) is 5.41 Å². The van der Waals surface area contributed by atoms with Crippen LogP contribution in [0.4, 0.5) is 8.78 Å². The van der Waals surface area contributed by atoms with Gasteiger partial charge in [0, 0.05) is 5.92 Å². The van der Waals surface area contributed by atoms with Crippen LogP contribution >= 0.6 is 0 Å². The van der Waals surface area contributed by atoms with E-state index in [-0.39, 0.29) is 5.92 Å². The number of fused-ring (bicyclic) bond motifs is 1. The van der Waals surface area contributed by atoms with Crippen molar-refractivity contribution >= 4 is 0 Å². The van der Waals surface area contributed by atoms with Crippen molar-refractivity contribution in [2.45, 2.75) is 37.0 Å². The predicted octanol–water partition coefficient (Wildman–Crippen LogP) is 3.76. The Kier molecular flexibility index (Phi) is 1.74. The summed E-state index contributed by atoms with van der Waals surface area (Å²) in [6.45, 7) is 0. The van der Waals surface area contributed by atoms with Crippen LogP contribution in [0, 0.1) is 5.92 Å². The molecule has 0 aromatic heterocycles. The molecular formula is C13H14F2. The van der Waals surface area contributed by atoms with Gasteiger partial charge in [-0.3, -0.25) is 0 Å². The van der Waals surface area contributed by atoms with Crippen molar-refractivity contribution in [2.75, 3.05) is 0 Å². The van der Waals surface area contributed by atoms with Crippen LogP contribution in [0.15, 0.2) is 30.3 Å². The van der Waals surface area contributed by atoms with Gasteiger partial charge in [-0.25, -0.2) is 8.78 Å². The molecule has 2 heteroatoms. The number of benzene rings is 1.